The molecule has 0 atom stereocenters. The Labute approximate surface area is 192 Å². The average Bonchev–Trinajstić information content (AvgIpc) is 3.04. The Morgan fingerprint density at radius 3 is 2.50 bits per heavy atom. The first-order valence-electron chi connectivity index (χ1n) is 10.4. The molecule has 0 aliphatic rings. The van der Waals surface area contributed by atoms with Crippen LogP contribution in [0.5, 0.6) is 0 Å². The number of ether oxygens (including phenoxy) is 1. The zero-order valence-corrected chi connectivity index (χ0v) is 19.6. The molecule has 0 spiro atoms. The molecule has 0 aliphatic carbocycles. The van der Waals surface area contributed by atoms with Crippen molar-refractivity contribution in [1.82, 2.24) is 4.57 Å². The van der Waals surface area contributed by atoms with Gasteiger partial charge in [0, 0.05) is 23.6 Å². The lowest BCUT2D eigenvalue weighted by Gasteiger charge is -2.03. The van der Waals surface area contributed by atoms with Crippen LogP contribution in [0, 0.1) is 0 Å². The van der Waals surface area contributed by atoms with Crippen LogP contribution in [-0.2, 0) is 27.9 Å². The zero-order chi connectivity index (χ0) is 23.3. The highest BCUT2D eigenvalue weighted by atomic mass is 35.5. The molecule has 0 saturated heterocycles. The van der Waals surface area contributed by atoms with E-state index >= 15 is 0 Å². The molecule has 3 aromatic rings. The number of nitrogens with zero attached hydrogens (tertiary/aromatic N) is 2. The predicted molar refractivity (Wildman–Crippen MR) is 125 cm³/mol. The van der Waals surface area contributed by atoms with Gasteiger partial charge in [-0.15, -0.1) is 0 Å². The first-order chi connectivity index (χ1) is 15.2. The van der Waals surface area contributed by atoms with E-state index in [-0.39, 0.29) is 18.8 Å². The largest absolute Gasteiger partial charge is 0.462 e. The lowest BCUT2D eigenvalue weighted by molar-refractivity contribution is -0.670. The summed E-state index contributed by atoms with van der Waals surface area (Å²) in [7, 11) is -4.07. The molecule has 0 aliphatic heterocycles. The van der Waals surface area contributed by atoms with E-state index in [9.17, 15) is 13.2 Å². The lowest BCUT2D eigenvalue weighted by atomic mass is 10.2. The first-order valence-corrected chi connectivity index (χ1v) is 12.3. The molecular formula is C23H26ClN2O5S+. The Morgan fingerprint density at radius 1 is 1.16 bits per heavy atom. The first kappa shape index (κ1) is 24.0. The normalized spacial score (nSPS) is 12.0. The molecule has 0 fully saturated rings. The molecule has 0 radical (unpaired) electrons. The number of benzene rings is 2. The smallest absolute Gasteiger partial charge is 0.338 e. The Bertz CT molecular complexity index is 1250. The molecule has 2 aromatic carbocycles. The molecule has 7 nitrogen and oxygen atoms in total. The Hall–Kier alpha value is -2.68. The lowest BCUT2D eigenvalue weighted by Crippen LogP contribution is -2.35. The molecule has 32 heavy (non-hydrogen) atoms. The number of halogens is 1. The number of esters is 1. The molecule has 9 heteroatoms. The summed E-state index contributed by atoms with van der Waals surface area (Å²) in [5, 5.41) is 0.650. The number of hydrogen-bond acceptors (Lipinski definition) is 4. The number of imidazole rings is 1. The molecule has 170 valence electrons. The van der Waals surface area contributed by atoms with Gasteiger partial charge in [0.2, 0.25) is 0 Å². The highest BCUT2D eigenvalue weighted by Gasteiger charge is 2.24. The van der Waals surface area contributed by atoms with Gasteiger partial charge < -0.3 is 4.74 Å². The Kier molecular flexibility index (Phi) is 7.71. The van der Waals surface area contributed by atoms with Gasteiger partial charge in [-0.05, 0) is 49.8 Å². The summed E-state index contributed by atoms with van der Waals surface area (Å²) in [6.45, 7) is 5.05. The zero-order valence-electron chi connectivity index (χ0n) is 18.0. The van der Waals surface area contributed by atoms with E-state index in [0.717, 1.165) is 22.4 Å². The fourth-order valence-electron chi connectivity index (χ4n) is 3.60. The SMILES string of the molecule is CCOC(=O)c1ccc2c(c1)n(CCCS(=O)(=O)O)c(/C=C/c1ccc(Cl)cc1)[n+]2CC. The highest BCUT2D eigenvalue weighted by Crippen LogP contribution is 2.21. The topological polar surface area (TPSA) is 89.5 Å². The number of carbonyl (C=O) groups excluding carboxylic acids is 1. The van der Waals surface area contributed by atoms with E-state index in [1.54, 1.807) is 19.1 Å². The molecule has 0 unspecified atom stereocenters. The summed E-state index contributed by atoms with van der Waals surface area (Å²) >= 11 is 5.97. The van der Waals surface area contributed by atoms with Crippen LogP contribution in [0.2, 0.25) is 5.02 Å². The molecular weight excluding hydrogens is 452 g/mol. The van der Waals surface area contributed by atoms with Gasteiger partial charge in [-0.1, -0.05) is 23.7 Å². The van der Waals surface area contributed by atoms with Crippen LogP contribution < -0.4 is 4.57 Å². The monoisotopic (exact) mass is 477 g/mol. The van der Waals surface area contributed by atoms with Gasteiger partial charge in [0.05, 0.1) is 31.0 Å². The second-order valence-electron chi connectivity index (χ2n) is 7.20. The van der Waals surface area contributed by atoms with Gasteiger partial charge in [-0.2, -0.15) is 8.42 Å². The number of aryl methyl sites for hydroxylation is 2. The van der Waals surface area contributed by atoms with E-state index in [4.69, 9.17) is 20.9 Å². The van der Waals surface area contributed by atoms with Crippen molar-refractivity contribution in [2.45, 2.75) is 33.4 Å². The summed E-state index contributed by atoms with van der Waals surface area (Å²) in [6.07, 6.45) is 4.12. The van der Waals surface area contributed by atoms with E-state index in [1.807, 2.05) is 54.0 Å². The van der Waals surface area contributed by atoms with Crippen molar-refractivity contribution in [2.24, 2.45) is 0 Å². The fraction of sp³-hybridized carbons (Fsp3) is 0.304. The summed E-state index contributed by atoms with van der Waals surface area (Å²) < 4.78 is 40.8. The van der Waals surface area contributed by atoms with Gasteiger partial charge >= 0.3 is 5.97 Å². The van der Waals surface area contributed by atoms with Crippen molar-refractivity contribution >= 4 is 50.9 Å². The van der Waals surface area contributed by atoms with Gasteiger partial charge in [-0.3, -0.25) is 4.55 Å². The van der Waals surface area contributed by atoms with Crippen LogP contribution in [0.4, 0.5) is 0 Å². The molecule has 3 rings (SSSR count). The van der Waals surface area contributed by atoms with Crippen LogP contribution >= 0.6 is 11.6 Å². The maximum atomic E-state index is 12.3. The van der Waals surface area contributed by atoms with Crippen LogP contribution in [0.25, 0.3) is 23.2 Å². The van der Waals surface area contributed by atoms with Crippen molar-refractivity contribution in [3.8, 4) is 0 Å². The van der Waals surface area contributed by atoms with Crippen LogP contribution in [-0.4, -0.2) is 35.9 Å². The van der Waals surface area contributed by atoms with E-state index < -0.39 is 16.1 Å². The average molecular weight is 478 g/mol. The second-order valence-corrected chi connectivity index (χ2v) is 9.21. The molecule has 0 bridgehead atoms. The molecule has 0 amide bonds. The highest BCUT2D eigenvalue weighted by molar-refractivity contribution is 7.85. The van der Waals surface area contributed by atoms with E-state index in [2.05, 4.69) is 4.57 Å². The van der Waals surface area contributed by atoms with E-state index in [0.29, 0.717) is 23.7 Å². The third-order valence-electron chi connectivity index (χ3n) is 5.02. The van der Waals surface area contributed by atoms with Crippen molar-refractivity contribution in [3.05, 3.63) is 64.4 Å². The van der Waals surface area contributed by atoms with Crippen molar-refractivity contribution < 1.29 is 27.1 Å². The number of carbonyl (C=O) groups is 1. The Morgan fingerprint density at radius 2 is 1.88 bits per heavy atom. The molecule has 0 saturated carbocycles. The maximum Gasteiger partial charge on any atom is 0.338 e. The fourth-order valence-corrected chi connectivity index (χ4v) is 4.22. The molecule has 1 N–H and O–H groups in total. The van der Waals surface area contributed by atoms with E-state index in [1.165, 1.54) is 0 Å². The number of aromatic nitrogens is 2. The van der Waals surface area contributed by atoms with Crippen LogP contribution in [0.3, 0.4) is 0 Å². The summed E-state index contributed by atoms with van der Waals surface area (Å²) in [6, 6.07) is 12.8. The Balaban J connectivity index is 2.11. The molecule has 1 heterocycles. The minimum atomic E-state index is -4.07. The van der Waals surface area contributed by atoms with Gasteiger partial charge in [0.15, 0.2) is 11.0 Å². The second kappa shape index (κ2) is 10.3. The maximum absolute atomic E-state index is 12.3. The standard InChI is InChI=1S/C23H25ClN2O5S/c1-3-25-20-12-9-18(23(27)31-4-2)16-21(20)26(14-5-15-32(28,29)30)22(25)13-8-17-6-10-19(24)11-7-17/h6-13,16H,3-5,14-15H2,1-2H3/p+1/b13-8+. The third-order valence-corrected chi connectivity index (χ3v) is 6.07. The van der Waals surface area contributed by atoms with Crippen molar-refractivity contribution in [1.29, 1.82) is 0 Å². The number of hydrogen-bond donors (Lipinski definition) is 1. The summed E-state index contributed by atoms with van der Waals surface area (Å²) in [4.78, 5) is 12.3. The number of fused-ring (bicyclic) bond motifs is 1. The quantitative estimate of drug-likeness (QED) is 0.283. The van der Waals surface area contributed by atoms with Gasteiger partial charge in [-0.25, -0.2) is 13.9 Å². The molecule has 1 aromatic heterocycles. The summed E-state index contributed by atoms with van der Waals surface area (Å²) in [5.41, 5.74) is 3.06. The minimum absolute atomic E-state index is 0.220. The minimum Gasteiger partial charge on any atom is -0.462 e. The van der Waals surface area contributed by atoms with Crippen molar-refractivity contribution in [2.75, 3.05) is 12.4 Å². The summed E-state index contributed by atoms with van der Waals surface area (Å²) in [5.74, 6) is 0.0756. The van der Waals surface area contributed by atoms with Crippen LogP contribution in [0.15, 0.2) is 42.5 Å². The predicted octanol–water partition coefficient (Wildman–Crippen LogP) is 4.23. The van der Waals surface area contributed by atoms with Gasteiger partial charge in [0.1, 0.15) is 0 Å². The number of rotatable bonds is 9. The van der Waals surface area contributed by atoms with Gasteiger partial charge in [0.25, 0.3) is 15.9 Å². The van der Waals surface area contributed by atoms with Crippen LogP contribution in [0.1, 0.15) is 42.0 Å². The van der Waals surface area contributed by atoms with Crippen molar-refractivity contribution in [3.63, 3.8) is 0 Å². The third kappa shape index (κ3) is 5.76.